The molecule has 1 amide bonds. The van der Waals surface area contributed by atoms with Crippen molar-refractivity contribution in [3.05, 3.63) is 64.7 Å². The summed E-state index contributed by atoms with van der Waals surface area (Å²) in [6, 6.07) is 13.7. The van der Waals surface area contributed by atoms with Gasteiger partial charge in [-0.3, -0.25) is 9.69 Å². The van der Waals surface area contributed by atoms with Crippen LogP contribution in [0.1, 0.15) is 61.0 Å². The van der Waals surface area contributed by atoms with E-state index >= 15 is 0 Å². The summed E-state index contributed by atoms with van der Waals surface area (Å²) in [5, 5.41) is 12.9. The number of amides is 1. The number of hydrogen-bond donors (Lipinski definition) is 2. The van der Waals surface area contributed by atoms with Crippen molar-refractivity contribution in [2.45, 2.75) is 50.6 Å². The van der Waals surface area contributed by atoms with E-state index in [1.165, 1.54) is 0 Å². The van der Waals surface area contributed by atoms with Gasteiger partial charge in [0.1, 0.15) is 17.9 Å². The number of carbonyl (C=O) groups is 2. The molecule has 0 aliphatic heterocycles. The van der Waals surface area contributed by atoms with Crippen LogP contribution in [0.2, 0.25) is 5.02 Å². The predicted octanol–water partition coefficient (Wildman–Crippen LogP) is 4.93. The van der Waals surface area contributed by atoms with Crippen LogP contribution in [0.3, 0.4) is 0 Å². The van der Waals surface area contributed by atoms with Gasteiger partial charge in [-0.25, -0.2) is 4.79 Å². The monoisotopic (exact) mass is 458 g/mol. The van der Waals surface area contributed by atoms with Gasteiger partial charge >= 0.3 is 5.97 Å². The van der Waals surface area contributed by atoms with Crippen molar-refractivity contribution in [1.82, 2.24) is 10.2 Å². The molecule has 1 aliphatic carbocycles. The minimum atomic E-state index is -0.962. The smallest absolute Gasteiger partial charge is 0.335 e. The molecule has 2 N–H and O–H groups in total. The van der Waals surface area contributed by atoms with Gasteiger partial charge in [0.2, 0.25) is 5.91 Å². The van der Waals surface area contributed by atoms with Crippen molar-refractivity contribution < 1.29 is 19.4 Å². The van der Waals surface area contributed by atoms with Crippen LogP contribution in [-0.4, -0.2) is 47.6 Å². The highest BCUT2D eigenvalue weighted by Gasteiger charge is 2.43. The van der Waals surface area contributed by atoms with E-state index in [9.17, 15) is 9.59 Å². The van der Waals surface area contributed by atoms with E-state index in [4.69, 9.17) is 21.4 Å². The summed E-state index contributed by atoms with van der Waals surface area (Å²) < 4.78 is 5.85. The minimum Gasteiger partial charge on any atom is -0.492 e. The molecular formula is C25H31ClN2O4. The van der Waals surface area contributed by atoms with E-state index in [1.54, 1.807) is 36.4 Å². The van der Waals surface area contributed by atoms with Crippen LogP contribution < -0.4 is 10.1 Å². The maximum absolute atomic E-state index is 13.5. The van der Waals surface area contributed by atoms with Gasteiger partial charge in [0, 0.05) is 11.6 Å². The molecule has 172 valence electrons. The molecule has 6 nitrogen and oxygen atoms in total. The molecule has 7 heteroatoms. The highest BCUT2D eigenvalue weighted by Crippen LogP contribution is 2.34. The van der Waals surface area contributed by atoms with Gasteiger partial charge in [-0.1, -0.05) is 49.1 Å². The van der Waals surface area contributed by atoms with Crippen LogP contribution in [0, 0.1) is 0 Å². The highest BCUT2D eigenvalue weighted by molar-refractivity contribution is 6.30. The SMILES string of the molecule is C[C@H](NC(=O)C1(N(C)CCOc2cccc(Cl)c2)CCCCC1)c1ccc(C(=O)O)cc1. The number of benzene rings is 2. The summed E-state index contributed by atoms with van der Waals surface area (Å²) >= 11 is 6.02. The zero-order valence-corrected chi connectivity index (χ0v) is 19.4. The number of carboxylic acids is 1. The topological polar surface area (TPSA) is 78.9 Å². The fourth-order valence-electron chi connectivity index (χ4n) is 4.32. The molecule has 2 aromatic rings. The Morgan fingerprint density at radius 1 is 1.16 bits per heavy atom. The van der Waals surface area contributed by atoms with Crippen molar-refractivity contribution in [2.75, 3.05) is 20.2 Å². The fourth-order valence-corrected chi connectivity index (χ4v) is 4.50. The van der Waals surface area contributed by atoms with Gasteiger partial charge in [0.05, 0.1) is 11.6 Å². The zero-order valence-electron chi connectivity index (χ0n) is 18.6. The minimum absolute atomic E-state index is 0.0114. The molecule has 0 saturated heterocycles. The zero-order chi connectivity index (χ0) is 23.1. The summed E-state index contributed by atoms with van der Waals surface area (Å²) in [6.07, 6.45) is 4.76. The lowest BCUT2D eigenvalue weighted by molar-refractivity contribution is -0.136. The van der Waals surface area contributed by atoms with Gasteiger partial charge < -0.3 is 15.2 Å². The van der Waals surface area contributed by atoms with Gasteiger partial charge in [-0.15, -0.1) is 0 Å². The van der Waals surface area contributed by atoms with E-state index < -0.39 is 11.5 Å². The van der Waals surface area contributed by atoms with Gasteiger partial charge in [0.15, 0.2) is 0 Å². The van der Waals surface area contributed by atoms with Crippen LogP contribution in [0.15, 0.2) is 48.5 Å². The molecule has 32 heavy (non-hydrogen) atoms. The number of aromatic carboxylic acids is 1. The third-order valence-corrected chi connectivity index (χ3v) is 6.57. The summed E-state index contributed by atoms with van der Waals surface area (Å²) in [5.74, 6) is -0.236. The molecule has 2 aromatic carbocycles. The molecule has 0 heterocycles. The van der Waals surface area contributed by atoms with Gasteiger partial charge in [0.25, 0.3) is 0 Å². The van der Waals surface area contributed by atoms with Crippen molar-refractivity contribution in [3.8, 4) is 5.75 Å². The lowest BCUT2D eigenvalue weighted by Gasteiger charge is -2.43. The van der Waals surface area contributed by atoms with Gasteiger partial charge in [-0.2, -0.15) is 0 Å². The molecule has 0 radical (unpaired) electrons. The Kier molecular flexibility index (Phi) is 8.15. The van der Waals surface area contributed by atoms with Crippen LogP contribution in [0.4, 0.5) is 0 Å². The van der Waals surface area contributed by atoms with Crippen LogP contribution in [0.25, 0.3) is 0 Å². The molecule has 0 unspecified atom stereocenters. The third-order valence-electron chi connectivity index (χ3n) is 6.33. The Labute approximate surface area is 194 Å². The number of carbonyl (C=O) groups excluding carboxylic acids is 1. The average Bonchev–Trinajstić information content (AvgIpc) is 2.79. The molecule has 0 aromatic heterocycles. The normalized spacial score (nSPS) is 16.4. The Morgan fingerprint density at radius 3 is 2.47 bits per heavy atom. The molecule has 1 atom stereocenters. The number of ether oxygens (including phenoxy) is 1. The van der Waals surface area contributed by atoms with Crippen molar-refractivity contribution in [3.63, 3.8) is 0 Å². The van der Waals surface area contributed by atoms with E-state index in [2.05, 4.69) is 10.2 Å². The number of hydrogen-bond acceptors (Lipinski definition) is 4. The number of nitrogens with zero attached hydrogens (tertiary/aromatic N) is 1. The van der Waals surface area contributed by atoms with Crippen LogP contribution in [0.5, 0.6) is 5.75 Å². The third kappa shape index (κ3) is 5.81. The highest BCUT2D eigenvalue weighted by atomic mass is 35.5. The van der Waals surface area contributed by atoms with Crippen molar-refractivity contribution in [1.29, 1.82) is 0 Å². The standard InChI is InChI=1S/C25H31ClN2O4/c1-18(19-9-11-20(12-10-19)23(29)30)27-24(31)25(13-4-3-5-14-25)28(2)15-16-32-22-8-6-7-21(26)17-22/h6-12,17-18H,3-5,13-16H2,1-2H3,(H,27,31)(H,29,30)/t18-/m0/s1. The maximum atomic E-state index is 13.5. The quantitative estimate of drug-likeness (QED) is 0.557. The van der Waals surface area contributed by atoms with Gasteiger partial charge in [-0.05, 0) is 62.7 Å². The number of rotatable bonds is 9. The van der Waals surface area contributed by atoms with Crippen molar-refractivity contribution in [2.24, 2.45) is 0 Å². The molecule has 0 spiro atoms. The first-order chi connectivity index (χ1) is 15.3. The molecule has 1 saturated carbocycles. The lowest BCUT2D eigenvalue weighted by atomic mass is 9.79. The second kappa shape index (κ2) is 10.8. The summed E-state index contributed by atoms with van der Waals surface area (Å²) in [5.41, 5.74) is 0.530. The summed E-state index contributed by atoms with van der Waals surface area (Å²) in [6.45, 7) is 2.99. The molecule has 1 fully saturated rings. The summed E-state index contributed by atoms with van der Waals surface area (Å²) in [7, 11) is 1.98. The molecular weight excluding hydrogens is 428 g/mol. The Hall–Kier alpha value is -2.57. The Bertz CT molecular complexity index is 926. The second-order valence-corrected chi connectivity index (χ2v) is 8.88. The number of carboxylic acid groups (broad SMARTS) is 1. The maximum Gasteiger partial charge on any atom is 0.335 e. The van der Waals surface area contributed by atoms with E-state index in [1.807, 2.05) is 26.1 Å². The van der Waals surface area contributed by atoms with Crippen molar-refractivity contribution >= 4 is 23.5 Å². The average molecular weight is 459 g/mol. The molecule has 1 aliphatic rings. The summed E-state index contributed by atoms with van der Waals surface area (Å²) in [4.78, 5) is 26.7. The number of halogens is 1. The molecule has 3 rings (SSSR count). The number of likely N-dealkylation sites (N-methyl/N-ethyl adjacent to an activating group) is 1. The first-order valence-electron chi connectivity index (χ1n) is 11.1. The second-order valence-electron chi connectivity index (χ2n) is 8.44. The first kappa shape index (κ1) is 24.1. The lowest BCUT2D eigenvalue weighted by Crippen LogP contribution is -2.59. The van der Waals surface area contributed by atoms with E-state index in [-0.39, 0.29) is 17.5 Å². The Balaban J connectivity index is 1.65. The molecule has 0 bridgehead atoms. The van der Waals surface area contributed by atoms with E-state index in [0.717, 1.165) is 37.7 Å². The first-order valence-corrected chi connectivity index (χ1v) is 11.4. The van der Waals surface area contributed by atoms with E-state index in [0.29, 0.717) is 23.9 Å². The Morgan fingerprint density at radius 2 is 1.84 bits per heavy atom. The largest absolute Gasteiger partial charge is 0.492 e. The van der Waals surface area contributed by atoms with Crippen LogP contribution >= 0.6 is 11.6 Å². The fraction of sp³-hybridized carbons (Fsp3) is 0.440. The predicted molar refractivity (Wildman–Crippen MR) is 125 cm³/mol. The number of nitrogens with one attached hydrogen (secondary N) is 1. The van der Waals surface area contributed by atoms with Crippen LogP contribution in [-0.2, 0) is 4.79 Å².